The Hall–Kier alpha value is -1.39. The highest BCUT2D eigenvalue weighted by atomic mass is 16.4. The van der Waals surface area contributed by atoms with Gasteiger partial charge < -0.3 is 10.2 Å². The molecule has 0 saturated heterocycles. The average molecular weight is 249 g/mol. The fourth-order valence-corrected chi connectivity index (χ4v) is 2.58. The molecule has 1 unspecified atom stereocenters. The molecule has 0 aromatic heterocycles. The molecule has 2 N–H and O–H groups in total. The van der Waals surface area contributed by atoms with E-state index < -0.39 is 17.6 Å². The number of hydrogen-bond acceptors (Lipinski definition) is 3. The molecule has 4 nitrogen and oxygen atoms in total. The van der Waals surface area contributed by atoms with Crippen LogP contribution in [0.5, 0.6) is 0 Å². The molecular weight excluding hydrogens is 230 g/mol. The number of carboxylic acid groups (broad SMARTS) is 1. The van der Waals surface area contributed by atoms with Gasteiger partial charge in [-0.1, -0.05) is 24.3 Å². The van der Waals surface area contributed by atoms with Crippen LogP contribution in [-0.2, 0) is 11.2 Å². The van der Waals surface area contributed by atoms with E-state index >= 15 is 0 Å². The van der Waals surface area contributed by atoms with Crippen molar-refractivity contribution in [3.8, 4) is 0 Å². The van der Waals surface area contributed by atoms with Crippen molar-refractivity contribution >= 4 is 5.97 Å². The molecule has 0 fully saturated rings. The van der Waals surface area contributed by atoms with Gasteiger partial charge >= 0.3 is 5.97 Å². The van der Waals surface area contributed by atoms with Crippen LogP contribution in [0.1, 0.15) is 31.0 Å². The number of hydrogen-bond donors (Lipinski definition) is 2. The van der Waals surface area contributed by atoms with Gasteiger partial charge in [0.15, 0.2) is 0 Å². The third-order valence-electron chi connectivity index (χ3n) is 3.21. The van der Waals surface area contributed by atoms with E-state index in [2.05, 4.69) is 0 Å². The number of nitrogens with zero attached hydrogens (tertiary/aromatic N) is 1. The van der Waals surface area contributed by atoms with Crippen molar-refractivity contribution in [3.63, 3.8) is 0 Å². The molecule has 18 heavy (non-hydrogen) atoms. The monoisotopic (exact) mass is 249 g/mol. The summed E-state index contributed by atoms with van der Waals surface area (Å²) in [6, 6.07) is 6.99. The van der Waals surface area contributed by atoms with E-state index in [-0.39, 0.29) is 0 Å². The molecular formula is C14H19NO3. The number of aliphatic carboxylic acids is 1. The predicted octanol–water partition coefficient (Wildman–Crippen LogP) is 1.44. The van der Waals surface area contributed by atoms with Crippen LogP contribution in [0.2, 0.25) is 0 Å². The second kappa shape index (κ2) is 4.71. The van der Waals surface area contributed by atoms with Crippen molar-refractivity contribution in [1.29, 1.82) is 0 Å². The Kier molecular flexibility index (Phi) is 3.41. The maximum atomic E-state index is 11.5. The summed E-state index contributed by atoms with van der Waals surface area (Å²) < 4.78 is 0. The summed E-state index contributed by atoms with van der Waals surface area (Å²) in [5.41, 5.74) is 1.05. The Balaban J connectivity index is 2.33. The Morgan fingerprint density at radius 2 is 2.11 bits per heavy atom. The summed E-state index contributed by atoms with van der Waals surface area (Å²) in [4.78, 5) is 13.3. The molecule has 1 aromatic carbocycles. The van der Waals surface area contributed by atoms with Gasteiger partial charge in [-0.05, 0) is 31.4 Å². The van der Waals surface area contributed by atoms with Gasteiger partial charge in [0, 0.05) is 13.1 Å². The summed E-state index contributed by atoms with van der Waals surface area (Å²) in [6.45, 7) is 4.43. The zero-order chi connectivity index (χ0) is 13.3. The van der Waals surface area contributed by atoms with E-state index in [0.717, 1.165) is 17.5 Å². The Morgan fingerprint density at radius 3 is 2.72 bits per heavy atom. The normalized spacial score (nSPS) is 20.5. The van der Waals surface area contributed by atoms with Crippen molar-refractivity contribution in [2.45, 2.75) is 31.9 Å². The zero-order valence-electron chi connectivity index (χ0n) is 10.8. The number of fused-ring (bicyclic) bond motifs is 1. The predicted molar refractivity (Wildman–Crippen MR) is 68.4 cm³/mol. The van der Waals surface area contributed by atoms with E-state index in [1.165, 1.54) is 0 Å². The fourth-order valence-electron chi connectivity index (χ4n) is 2.58. The van der Waals surface area contributed by atoms with Gasteiger partial charge in [-0.15, -0.1) is 0 Å². The van der Waals surface area contributed by atoms with Crippen molar-refractivity contribution in [2.24, 2.45) is 0 Å². The molecule has 1 aromatic rings. The summed E-state index contributed by atoms with van der Waals surface area (Å²) in [7, 11) is 0. The van der Waals surface area contributed by atoms with Crippen LogP contribution in [0.3, 0.4) is 0 Å². The summed E-state index contributed by atoms with van der Waals surface area (Å²) in [5, 5.41) is 19.3. The van der Waals surface area contributed by atoms with Crippen LogP contribution in [0, 0.1) is 0 Å². The molecule has 0 aliphatic carbocycles. The van der Waals surface area contributed by atoms with Crippen molar-refractivity contribution in [3.05, 3.63) is 35.4 Å². The van der Waals surface area contributed by atoms with Crippen molar-refractivity contribution in [1.82, 2.24) is 4.90 Å². The number of aliphatic hydroxyl groups is 1. The van der Waals surface area contributed by atoms with Crippen LogP contribution in [0.4, 0.5) is 0 Å². The molecule has 0 saturated carbocycles. The SMILES string of the molecule is CC(C)(O)CN1CCc2ccccc2C1C(=O)O. The lowest BCUT2D eigenvalue weighted by molar-refractivity contribution is -0.145. The lowest BCUT2D eigenvalue weighted by atomic mass is 9.91. The first-order chi connectivity index (χ1) is 8.38. The van der Waals surface area contributed by atoms with E-state index in [1.807, 2.05) is 29.2 Å². The summed E-state index contributed by atoms with van der Waals surface area (Å²) in [5.74, 6) is -0.855. The highest BCUT2D eigenvalue weighted by Gasteiger charge is 2.34. The summed E-state index contributed by atoms with van der Waals surface area (Å²) >= 11 is 0. The number of carbonyl (C=O) groups is 1. The van der Waals surface area contributed by atoms with Gasteiger partial charge in [-0.2, -0.15) is 0 Å². The highest BCUT2D eigenvalue weighted by molar-refractivity contribution is 5.76. The minimum atomic E-state index is -0.889. The molecule has 0 amide bonds. The van der Waals surface area contributed by atoms with Gasteiger partial charge in [-0.3, -0.25) is 9.69 Å². The Labute approximate surface area is 107 Å². The van der Waals surface area contributed by atoms with Crippen LogP contribution in [0.15, 0.2) is 24.3 Å². The van der Waals surface area contributed by atoms with Crippen LogP contribution < -0.4 is 0 Å². The van der Waals surface area contributed by atoms with Crippen molar-refractivity contribution in [2.75, 3.05) is 13.1 Å². The Bertz CT molecular complexity index is 451. The number of carboxylic acids is 1. The van der Waals surface area contributed by atoms with Crippen LogP contribution in [0.25, 0.3) is 0 Å². The van der Waals surface area contributed by atoms with E-state index in [1.54, 1.807) is 13.8 Å². The average Bonchev–Trinajstić information content (AvgIpc) is 2.26. The first-order valence-electron chi connectivity index (χ1n) is 6.15. The number of rotatable bonds is 3. The van der Waals surface area contributed by atoms with Gasteiger partial charge in [0.05, 0.1) is 5.60 Å². The zero-order valence-corrected chi connectivity index (χ0v) is 10.8. The second-order valence-electron chi connectivity index (χ2n) is 5.47. The molecule has 1 aliphatic rings. The smallest absolute Gasteiger partial charge is 0.325 e. The molecule has 0 bridgehead atoms. The van der Waals surface area contributed by atoms with E-state index in [9.17, 15) is 15.0 Å². The largest absolute Gasteiger partial charge is 0.480 e. The quantitative estimate of drug-likeness (QED) is 0.851. The fraction of sp³-hybridized carbons (Fsp3) is 0.500. The topological polar surface area (TPSA) is 60.8 Å². The molecule has 1 heterocycles. The molecule has 1 aliphatic heterocycles. The van der Waals surface area contributed by atoms with Crippen LogP contribution >= 0.6 is 0 Å². The minimum Gasteiger partial charge on any atom is -0.480 e. The second-order valence-corrected chi connectivity index (χ2v) is 5.47. The Morgan fingerprint density at radius 1 is 1.44 bits per heavy atom. The van der Waals surface area contributed by atoms with Gasteiger partial charge in [0.25, 0.3) is 0 Å². The molecule has 0 spiro atoms. The molecule has 0 radical (unpaired) electrons. The van der Waals surface area contributed by atoms with E-state index in [4.69, 9.17) is 0 Å². The van der Waals surface area contributed by atoms with Crippen LogP contribution in [-0.4, -0.2) is 39.8 Å². The van der Waals surface area contributed by atoms with Crippen molar-refractivity contribution < 1.29 is 15.0 Å². The standard InChI is InChI=1S/C14H19NO3/c1-14(2,18)9-15-8-7-10-5-3-4-6-11(10)12(15)13(16)17/h3-6,12,18H,7-9H2,1-2H3,(H,16,17). The van der Waals surface area contributed by atoms with Gasteiger partial charge in [0.2, 0.25) is 0 Å². The third kappa shape index (κ3) is 2.71. The number of β-amino-alcohol motifs (C(OH)–C–C–N with tert-alkyl or cyclic N) is 1. The van der Waals surface area contributed by atoms with Gasteiger partial charge in [-0.25, -0.2) is 0 Å². The van der Waals surface area contributed by atoms with E-state index in [0.29, 0.717) is 13.1 Å². The molecule has 98 valence electrons. The highest BCUT2D eigenvalue weighted by Crippen LogP contribution is 2.30. The first-order valence-corrected chi connectivity index (χ1v) is 6.15. The maximum Gasteiger partial charge on any atom is 0.325 e. The van der Waals surface area contributed by atoms with Gasteiger partial charge in [0.1, 0.15) is 6.04 Å². The number of benzene rings is 1. The first kappa shape index (κ1) is 13.1. The molecule has 4 heteroatoms. The molecule has 1 atom stereocenters. The third-order valence-corrected chi connectivity index (χ3v) is 3.21. The lowest BCUT2D eigenvalue weighted by Crippen LogP contribution is -2.46. The maximum absolute atomic E-state index is 11.5. The lowest BCUT2D eigenvalue weighted by Gasteiger charge is -2.37. The minimum absolute atomic E-state index is 0.359. The summed E-state index contributed by atoms with van der Waals surface area (Å²) in [6.07, 6.45) is 0.829. The molecule has 2 rings (SSSR count).